The normalized spacial score (nSPS) is 12.4. The molecular weight excluding hydrogens is 178 g/mol. The molecule has 0 aromatic heterocycles. The Hall–Kier alpha value is -0.730. The molecule has 0 atom stereocenters. The zero-order chi connectivity index (χ0) is 11.4. The van der Waals surface area contributed by atoms with Crippen LogP contribution in [0.4, 0.5) is 4.79 Å². The number of alkyl carbamates (subject to hydrolysis) is 1. The van der Waals surface area contributed by atoms with Crippen LogP contribution in [-0.4, -0.2) is 19.7 Å². The van der Waals surface area contributed by atoms with Crippen molar-refractivity contribution in [3.05, 3.63) is 0 Å². The molecule has 0 aromatic carbocycles. The van der Waals surface area contributed by atoms with Gasteiger partial charge in [0.05, 0.1) is 7.11 Å². The highest BCUT2D eigenvalue weighted by Gasteiger charge is 2.32. The van der Waals surface area contributed by atoms with E-state index in [2.05, 4.69) is 44.7 Å². The molecule has 0 aromatic rings. The molecule has 0 aliphatic heterocycles. The molecule has 0 heterocycles. The smallest absolute Gasteiger partial charge is 0.406 e. The maximum Gasteiger partial charge on any atom is 0.406 e. The second kappa shape index (κ2) is 4.67. The van der Waals surface area contributed by atoms with Gasteiger partial charge >= 0.3 is 6.09 Å². The number of nitrogens with one attached hydrogen (secondary N) is 1. The number of ether oxygens (including phenoxy) is 1. The molecule has 0 saturated heterocycles. The monoisotopic (exact) mass is 201 g/mol. The lowest BCUT2D eigenvalue weighted by Crippen LogP contribution is -2.34. The van der Waals surface area contributed by atoms with E-state index in [1.807, 2.05) is 0 Å². The van der Waals surface area contributed by atoms with Gasteiger partial charge in [0.2, 0.25) is 0 Å². The highest BCUT2D eigenvalue weighted by molar-refractivity contribution is 5.66. The van der Waals surface area contributed by atoms with Crippen molar-refractivity contribution in [2.45, 2.75) is 41.0 Å². The van der Waals surface area contributed by atoms with Gasteiger partial charge in [0, 0.05) is 6.54 Å². The number of carbonyl (C=O) groups excluding carboxylic acids is 1. The van der Waals surface area contributed by atoms with E-state index >= 15 is 0 Å². The fourth-order valence-corrected chi connectivity index (χ4v) is 0.924. The van der Waals surface area contributed by atoms with Gasteiger partial charge in [0.1, 0.15) is 0 Å². The summed E-state index contributed by atoms with van der Waals surface area (Å²) in [6, 6.07) is 0. The van der Waals surface area contributed by atoms with Crippen LogP contribution >= 0.6 is 0 Å². The summed E-state index contributed by atoms with van der Waals surface area (Å²) in [5, 5.41) is 2.70. The van der Waals surface area contributed by atoms with E-state index in [9.17, 15) is 4.79 Å². The minimum Gasteiger partial charge on any atom is -0.453 e. The summed E-state index contributed by atoms with van der Waals surface area (Å²) < 4.78 is 4.50. The Labute approximate surface area is 87.2 Å². The quantitative estimate of drug-likeness (QED) is 0.762. The van der Waals surface area contributed by atoms with Crippen molar-refractivity contribution in [1.29, 1.82) is 0 Å². The molecule has 0 saturated carbocycles. The molecule has 14 heavy (non-hydrogen) atoms. The Bertz CT molecular complexity index is 192. The van der Waals surface area contributed by atoms with Crippen molar-refractivity contribution in [1.82, 2.24) is 5.32 Å². The van der Waals surface area contributed by atoms with Crippen molar-refractivity contribution >= 4 is 6.09 Å². The Kier molecular flexibility index (Phi) is 4.43. The van der Waals surface area contributed by atoms with Gasteiger partial charge in [0.15, 0.2) is 0 Å². The van der Waals surface area contributed by atoms with Crippen molar-refractivity contribution < 1.29 is 9.53 Å². The van der Waals surface area contributed by atoms with Gasteiger partial charge in [-0.2, -0.15) is 0 Å². The van der Waals surface area contributed by atoms with E-state index in [0.29, 0.717) is 6.54 Å². The lowest BCUT2D eigenvalue weighted by atomic mass is 9.67. The summed E-state index contributed by atoms with van der Waals surface area (Å²) in [6.45, 7) is 11.7. The molecule has 0 bridgehead atoms. The first-order chi connectivity index (χ1) is 6.20. The maximum atomic E-state index is 10.8. The summed E-state index contributed by atoms with van der Waals surface area (Å²) in [5.41, 5.74) is 0.443. The van der Waals surface area contributed by atoms with Gasteiger partial charge in [-0.25, -0.2) is 4.79 Å². The molecule has 0 rings (SSSR count). The van der Waals surface area contributed by atoms with Gasteiger partial charge < -0.3 is 10.1 Å². The first-order valence-corrected chi connectivity index (χ1v) is 5.02. The number of carbonyl (C=O) groups is 1. The third-order valence-corrected chi connectivity index (χ3v) is 3.24. The molecule has 1 N–H and O–H groups in total. The van der Waals surface area contributed by atoms with Crippen LogP contribution in [0.25, 0.3) is 0 Å². The van der Waals surface area contributed by atoms with Crippen molar-refractivity contribution in [2.24, 2.45) is 10.8 Å². The van der Waals surface area contributed by atoms with Crippen LogP contribution < -0.4 is 5.32 Å². The Morgan fingerprint density at radius 2 is 1.71 bits per heavy atom. The van der Waals surface area contributed by atoms with E-state index < -0.39 is 0 Å². The zero-order valence-electron chi connectivity index (χ0n) is 10.2. The van der Waals surface area contributed by atoms with Crippen molar-refractivity contribution in [3.63, 3.8) is 0 Å². The lowest BCUT2D eigenvalue weighted by Gasteiger charge is -2.39. The fraction of sp³-hybridized carbons (Fsp3) is 0.909. The lowest BCUT2D eigenvalue weighted by molar-refractivity contribution is 0.116. The summed E-state index contributed by atoms with van der Waals surface area (Å²) in [6.07, 6.45) is 0.598. The maximum absolute atomic E-state index is 10.8. The van der Waals surface area contributed by atoms with E-state index in [1.54, 1.807) is 0 Å². The molecular formula is C11H23NO2. The minimum absolute atomic E-state index is 0.202. The predicted octanol–water partition coefficient (Wildman–Crippen LogP) is 2.80. The number of hydrogen-bond acceptors (Lipinski definition) is 2. The van der Waals surface area contributed by atoms with E-state index in [0.717, 1.165) is 6.42 Å². The van der Waals surface area contributed by atoms with Crippen LogP contribution in [0.2, 0.25) is 0 Å². The predicted molar refractivity (Wildman–Crippen MR) is 58.3 cm³/mol. The Balaban J connectivity index is 3.95. The van der Waals surface area contributed by atoms with Crippen LogP contribution in [0, 0.1) is 10.8 Å². The highest BCUT2D eigenvalue weighted by atomic mass is 16.5. The number of rotatable bonds is 3. The second-order valence-electron chi connectivity index (χ2n) is 5.30. The zero-order valence-corrected chi connectivity index (χ0v) is 10.2. The second-order valence-corrected chi connectivity index (χ2v) is 5.30. The van der Waals surface area contributed by atoms with E-state index in [1.165, 1.54) is 7.11 Å². The van der Waals surface area contributed by atoms with Gasteiger partial charge in [-0.1, -0.05) is 34.6 Å². The van der Waals surface area contributed by atoms with Crippen LogP contribution in [0.15, 0.2) is 0 Å². The first-order valence-electron chi connectivity index (χ1n) is 5.02. The molecule has 3 heteroatoms. The molecule has 0 spiro atoms. The Morgan fingerprint density at radius 1 is 1.21 bits per heavy atom. The molecule has 0 aliphatic carbocycles. The molecule has 84 valence electrons. The van der Waals surface area contributed by atoms with Gasteiger partial charge in [0.25, 0.3) is 0 Å². The minimum atomic E-state index is -0.352. The first kappa shape index (κ1) is 13.3. The number of hydrogen-bond donors (Lipinski definition) is 1. The number of methoxy groups -OCH3 is 1. The average molecular weight is 201 g/mol. The highest BCUT2D eigenvalue weighted by Crippen LogP contribution is 2.40. The van der Waals surface area contributed by atoms with E-state index in [4.69, 9.17) is 0 Å². The summed E-state index contributed by atoms with van der Waals surface area (Å²) >= 11 is 0. The Morgan fingerprint density at radius 3 is 2.07 bits per heavy atom. The standard InChI is InChI=1S/C11H23NO2/c1-10(2,3)11(4,5)7-8-12-9(13)14-6/h7-8H2,1-6H3,(H,12,13). The molecule has 0 aliphatic rings. The molecule has 1 amide bonds. The molecule has 0 fully saturated rings. The average Bonchev–Trinajstić information content (AvgIpc) is 2.01. The topological polar surface area (TPSA) is 38.3 Å². The summed E-state index contributed by atoms with van der Waals surface area (Å²) in [7, 11) is 1.38. The molecule has 0 radical (unpaired) electrons. The van der Waals surface area contributed by atoms with Crippen molar-refractivity contribution in [2.75, 3.05) is 13.7 Å². The largest absolute Gasteiger partial charge is 0.453 e. The van der Waals surface area contributed by atoms with E-state index in [-0.39, 0.29) is 16.9 Å². The van der Waals surface area contributed by atoms with Gasteiger partial charge in [-0.05, 0) is 17.3 Å². The van der Waals surface area contributed by atoms with Crippen LogP contribution in [0.3, 0.4) is 0 Å². The SMILES string of the molecule is COC(=O)NCCC(C)(C)C(C)(C)C. The fourth-order valence-electron chi connectivity index (χ4n) is 0.924. The summed E-state index contributed by atoms with van der Waals surface area (Å²) in [5.74, 6) is 0. The summed E-state index contributed by atoms with van der Waals surface area (Å²) in [4.78, 5) is 10.8. The van der Waals surface area contributed by atoms with Gasteiger partial charge in [-0.15, -0.1) is 0 Å². The van der Waals surface area contributed by atoms with Crippen LogP contribution in [0.1, 0.15) is 41.0 Å². The number of amides is 1. The van der Waals surface area contributed by atoms with Crippen LogP contribution in [0.5, 0.6) is 0 Å². The third-order valence-electron chi connectivity index (χ3n) is 3.24. The van der Waals surface area contributed by atoms with Gasteiger partial charge in [-0.3, -0.25) is 0 Å². The van der Waals surface area contributed by atoms with Crippen molar-refractivity contribution in [3.8, 4) is 0 Å². The molecule has 3 nitrogen and oxygen atoms in total. The third kappa shape index (κ3) is 3.99. The molecule has 0 unspecified atom stereocenters. The van der Waals surface area contributed by atoms with Crippen LogP contribution in [-0.2, 0) is 4.74 Å².